The fraction of sp³-hybridized carbons (Fsp3) is 0.462. The van der Waals surface area contributed by atoms with Crippen LogP contribution in [-0.2, 0) is 4.79 Å². The van der Waals surface area contributed by atoms with Gasteiger partial charge in [-0.3, -0.25) is 4.79 Å². The van der Waals surface area contributed by atoms with Crippen molar-refractivity contribution in [3.8, 4) is 5.88 Å². The molecule has 1 aliphatic rings. The number of ether oxygens (including phenoxy) is 1. The maximum absolute atomic E-state index is 13.2. The molecule has 1 saturated heterocycles. The van der Waals surface area contributed by atoms with E-state index in [1.54, 1.807) is 0 Å². The summed E-state index contributed by atoms with van der Waals surface area (Å²) in [6, 6.07) is 2.34. The Morgan fingerprint density at radius 1 is 1.57 bits per heavy atom. The summed E-state index contributed by atoms with van der Waals surface area (Å²) in [5, 5.41) is 11.5. The lowest BCUT2D eigenvalue weighted by Crippen LogP contribution is -2.40. The number of carboxylic acids is 1. The van der Waals surface area contributed by atoms with Crippen molar-refractivity contribution in [2.24, 2.45) is 5.92 Å². The highest BCUT2D eigenvalue weighted by molar-refractivity contribution is 5.77. The van der Waals surface area contributed by atoms with Crippen LogP contribution in [0.4, 0.5) is 9.18 Å². The Balaban J connectivity index is 1.68. The number of aliphatic carboxylic acids is 1. The van der Waals surface area contributed by atoms with Gasteiger partial charge in [0.15, 0.2) is 5.82 Å². The zero-order valence-electron chi connectivity index (χ0n) is 11.3. The molecule has 0 spiro atoms. The van der Waals surface area contributed by atoms with Gasteiger partial charge in [-0.15, -0.1) is 0 Å². The quantitative estimate of drug-likeness (QED) is 0.781. The zero-order chi connectivity index (χ0) is 15.2. The second kappa shape index (κ2) is 6.87. The first-order chi connectivity index (χ1) is 10.1. The number of hydrogen-bond acceptors (Lipinski definition) is 4. The zero-order valence-corrected chi connectivity index (χ0v) is 11.3. The van der Waals surface area contributed by atoms with E-state index in [2.05, 4.69) is 10.3 Å². The molecule has 0 radical (unpaired) electrons. The Morgan fingerprint density at radius 2 is 2.38 bits per heavy atom. The monoisotopic (exact) mass is 297 g/mol. The molecule has 1 aliphatic heterocycles. The van der Waals surface area contributed by atoms with E-state index < -0.39 is 17.7 Å². The minimum absolute atomic E-state index is 0.0792. The fourth-order valence-electron chi connectivity index (χ4n) is 2.04. The molecule has 1 aromatic heterocycles. The Labute approximate surface area is 120 Å². The third-order valence-electron chi connectivity index (χ3n) is 3.17. The number of amides is 2. The summed E-state index contributed by atoms with van der Waals surface area (Å²) in [6.45, 7) is 0.883. The Bertz CT molecular complexity index is 526. The summed E-state index contributed by atoms with van der Waals surface area (Å²) in [4.78, 5) is 27.7. The number of carbonyl (C=O) groups excluding carboxylic acids is 1. The van der Waals surface area contributed by atoms with E-state index in [-0.39, 0.29) is 31.6 Å². The van der Waals surface area contributed by atoms with Crippen molar-refractivity contribution >= 4 is 12.0 Å². The van der Waals surface area contributed by atoms with Crippen molar-refractivity contribution in [2.45, 2.75) is 6.42 Å². The highest BCUT2D eigenvalue weighted by atomic mass is 19.1. The Hall–Kier alpha value is -2.38. The lowest BCUT2D eigenvalue weighted by molar-refractivity contribution is -0.141. The summed E-state index contributed by atoms with van der Waals surface area (Å²) in [5.41, 5.74) is 0. The van der Waals surface area contributed by atoms with Crippen LogP contribution in [0.15, 0.2) is 18.3 Å². The van der Waals surface area contributed by atoms with E-state index in [9.17, 15) is 14.0 Å². The fourth-order valence-corrected chi connectivity index (χ4v) is 2.04. The SMILES string of the molecule is O=C(O)C1CCN(C(=O)NCCOc2ncccc2F)C1. The molecule has 1 unspecified atom stereocenters. The molecular formula is C13H16FN3O4. The predicted molar refractivity (Wildman–Crippen MR) is 70.4 cm³/mol. The molecule has 2 heterocycles. The number of carboxylic acid groups (broad SMARTS) is 1. The molecule has 0 aromatic carbocycles. The highest BCUT2D eigenvalue weighted by Crippen LogP contribution is 2.16. The highest BCUT2D eigenvalue weighted by Gasteiger charge is 2.30. The van der Waals surface area contributed by atoms with Crippen molar-refractivity contribution in [1.82, 2.24) is 15.2 Å². The number of likely N-dealkylation sites (tertiary alicyclic amines) is 1. The number of carbonyl (C=O) groups is 2. The Morgan fingerprint density at radius 3 is 3.05 bits per heavy atom. The second-order valence-corrected chi connectivity index (χ2v) is 4.64. The van der Waals surface area contributed by atoms with Crippen LogP contribution < -0.4 is 10.1 Å². The van der Waals surface area contributed by atoms with E-state index >= 15 is 0 Å². The van der Waals surface area contributed by atoms with Crippen LogP contribution in [0.1, 0.15) is 6.42 Å². The first kappa shape index (κ1) is 15.0. The number of urea groups is 1. The first-order valence-corrected chi connectivity index (χ1v) is 6.57. The molecule has 7 nitrogen and oxygen atoms in total. The second-order valence-electron chi connectivity index (χ2n) is 4.64. The third kappa shape index (κ3) is 4.04. The first-order valence-electron chi connectivity index (χ1n) is 6.57. The van der Waals surface area contributed by atoms with Crippen LogP contribution in [-0.4, -0.2) is 53.2 Å². The number of nitrogens with one attached hydrogen (secondary N) is 1. The molecule has 114 valence electrons. The average Bonchev–Trinajstić information content (AvgIpc) is 2.95. The van der Waals surface area contributed by atoms with Crippen LogP contribution in [0.25, 0.3) is 0 Å². The summed E-state index contributed by atoms with van der Waals surface area (Å²) in [7, 11) is 0. The lowest BCUT2D eigenvalue weighted by Gasteiger charge is -2.16. The van der Waals surface area contributed by atoms with Crippen LogP contribution >= 0.6 is 0 Å². The van der Waals surface area contributed by atoms with Gasteiger partial charge >= 0.3 is 12.0 Å². The van der Waals surface area contributed by atoms with E-state index in [4.69, 9.17) is 9.84 Å². The summed E-state index contributed by atoms with van der Waals surface area (Å²) in [6.07, 6.45) is 1.87. The van der Waals surface area contributed by atoms with Crippen molar-refractivity contribution in [2.75, 3.05) is 26.2 Å². The molecule has 0 aliphatic carbocycles. The van der Waals surface area contributed by atoms with E-state index in [1.807, 2.05) is 0 Å². The number of nitrogens with zero attached hydrogens (tertiary/aromatic N) is 2. The smallest absolute Gasteiger partial charge is 0.317 e. The number of halogens is 1. The van der Waals surface area contributed by atoms with Crippen molar-refractivity contribution < 1.29 is 23.8 Å². The van der Waals surface area contributed by atoms with Gasteiger partial charge in [-0.1, -0.05) is 0 Å². The molecule has 2 rings (SSSR count). The predicted octanol–water partition coefficient (Wildman–Crippen LogP) is 0.716. The van der Waals surface area contributed by atoms with Crippen molar-refractivity contribution in [3.05, 3.63) is 24.1 Å². The Kier molecular flexibility index (Phi) is 4.91. The van der Waals surface area contributed by atoms with Gasteiger partial charge in [0.1, 0.15) is 6.61 Å². The number of hydrogen-bond donors (Lipinski definition) is 2. The van der Waals surface area contributed by atoms with Gasteiger partial charge in [-0.25, -0.2) is 14.2 Å². The largest absolute Gasteiger partial charge is 0.481 e. The maximum atomic E-state index is 13.2. The van der Waals surface area contributed by atoms with Crippen LogP contribution in [0.5, 0.6) is 5.88 Å². The lowest BCUT2D eigenvalue weighted by atomic mass is 10.1. The van der Waals surface area contributed by atoms with Crippen LogP contribution in [0.3, 0.4) is 0 Å². The standard InChI is InChI=1S/C13H16FN3O4/c14-10-2-1-4-15-11(10)21-7-5-16-13(20)17-6-3-9(8-17)12(18)19/h1-2,4,9H,3,5-8H2,(H,16,20)(H,18,19). The minimum Gasteiger partial charge on any atom is -0.481 e. The normalized spacial score (nSPS) is 17.6. The molecule has 1 atom stereocenters. The van der Waals surface area contributed by atoms with E-state index in [1.165, 1.54) is 23.2 Å². The van der Waals surface area contributed by atoms with E-state index in [0.717, 1.165) is 0 Å². The van der Waals surface area contributed by atoms with E-state index in [0.29, 0.717) is 13.0 Å². The number of rotatable bonds is 5. The van der Waals surface area contributed by atoms with Crippen molar-refractivity contribution in [3.63, 3.8) is 0 Å². The van der Waals surface area contributed by atoms with Gasteiger partial charge in [-0.2, -0.15) is 0 Å². The van der Waals surface area contributed by atoms with Crippen LogP contribution in [0, 0.1) is 11.7 Å². The molecule has 1 fully saturated rings. The molecular weight excluding hydrogens is 281 g/mol. The molecule has 0 saturated carbocycles. The summed E-state index contributed by atoms with van der Waals surface area (Å²) >= 11 is 0. The van der Waals surface area contributed by atoms with Crippen molar-refractivity contribution in [1.29, 1.82) is 0 Å². The van der Waals surface area contributed by atoms with Gasteiger partial charge in [0.05, 0.1) is 12.5 Å². The third-order valence-corrected chi connectivity index (χ3v) is 3.17. The molecule has 2 N–H and O–H groups in total. The summed E-state index contributed by atoms with van der Waals surface area (Å²) in [5.74, 6) is -2.07. The van der Waals surface area contributed by atoms with Gasteiger partial charge < -0.3 is 20.1 Å². The van der Waals surface area contributed by atoms with Gasteiger partial charge in [0.25, 0.3) is 0 Å². The average molecular weight is 297 g/mol. The molecule has 2 amide bonds. The molecule has 1 aromatic rings. The van der Waals surface area contributed by atoms with Gasteiger partial charge in [0.2, 0.25) is 5.88 Å². The van der Waals surface area contributed by atoms with Crippen LogP contribution in [0.2, 0.25) is 0 Å². The van der Waals surface area contributed by atoms with Gasteiger partial charge in [-0.05, 0) is 18.6 Å². The molecule has 8 heteroatoms. The minimum atomic E-state index is -0.890. The number of pyridine rings is 1. The molecule has 0 bridgehead atoms. The van der Waals surface area contributed by atoms with Gasteiger partial charge in [0, 0.05) is 19.3 Å². The topological polar surface area (TPSA) is 91.8 Å². The summed E-state index contributed by atoms with van der Waals surface area (Å²) < 4.78 is 18.3. The maximum Gasteiger partial charge on any atom is 0.317 e. The number of aromatic nitrogens is 1. The molecule has 21 heavy (non-hydrogen) atoms.